The van der Waals surface area contributed by atoms with Crippen LogP contribution in [0.5, 0.6) is 0 Å². The molecule has 5 nitrogen and oxygen atoms in total. The molecule has 0 saturated carbocycles. The molecular weight excluding hydrogens is 270 g/mol. The third-order valence-electron chi connectivity index (χ3n) is 3.12. The molecule has 0 fully saturated rings. The SMILES string of the molecule is CCCCOC(=O)Nc1ccc(C(=O)O)c2ccccc12. The molecular formula is C16H17NO4. The summed E-state index contributed by atoms with van der Waals surface area (Å²) in [4.78, 5) is 22.9. The summed E-state index contributed by atoms with van der Waals surface area (Å²) in [5.41, 5.74) is 0.743. The van der Waals surface area contributed by atoms with E-state index in [4.69, 9.17) is 4.74 Å². The molecule has 2 aromatic rings. The number of hydrogen-bond donors (Lipinski definition) is 2. The standard InChI is InChI=1S/C16H17NO4/c1-2-3-10-21-16(20)17-14-9-8-13(15(18)19)11-6-4-5-7-12(11)14/h4-9H,2-3,10H2,1H3,(H,17,20)(H,18,19). The lowest BCUT2D eigenvalue weighted by Gasteiger charge is -2.11. The Bertz CT molecular complexity index is 666. The van der Waals surface area contributed by atoms with Gasteiger partial charge in [-0.25, -0.2) is 9.59 Å². The topological polar surface area (TPSA) is 75.6 Å². The van der Waals surface area contributed by atoms with Crippen LogP contribution < -0.4 is 5.32 Å². The van der Waals surface area contributed by atoms with Gasteiger partial charge in [-0.15, -0.1) is 0 Å². The molecule has 0 aromatic heterocycles. The van der Waals surface area contributed by atoms with E-state index in [1.165, 1.54) is 6.07 Å². The minimum absolute atomic E-state index is 0.204. The molecule has 0 unspecified atom stereocenters. The molecule has 0 heterocycles. The summed E-state index contributed by atoms with van der Waals surface area (Å²) < 4.78 is 5.05. The average molecular weight is 287 g/mol. The molecule has 2 rings (SSSR count). The number of carbonyl (C=O) groups is 2. The van der Waals surface area contributed by atoms with Gasteiger partial charge in [-0.1, -0.05) is 37.6 Å². The highest BCUT2D eigenvalue weighted by Crippen LogP contribution is 2.26. The Morgan fingerprint density at radius 1 is 1.14 bits per heavy atom. The van der Waals surface area contributed by atoms with Crippen molar-refractivity contribution < 1.29 is 19.4 Å². The minimum Gasteiger partial charge on any atom is -0.478 e. The van der Waals surface area contributed by atoms with Crippen molar-refractivity contribution in [3.8, 4) is 0 Å². The summed E-state index contributed by atoms with van der Waals surface area (Å²) >= 11 is 0. The molecule has 0 aliphatic heterocycles. The summed E-state index contributed by atoms with van der Waals surface area (Å²) in [6, 6.07) is 10.1. The van der Waals surface area contributed by atoms with Crippen molar-refractivity contribution in [2.24, 2.45) is 0 Å². The monoisotopic (exact) mass is 287 g/mol. The third-order valence-corrected chi connectivity index (χ3v) is 3.12. The van der Waals surface area contributed by atoms with Gasteiger partial charge >= 0.3 is 12.1 Å². The van der Waals surface area contributed by atoms with Crippen LogP contribution in [0.4, 0.5) is 10.5 Å². The predicted octanol–water partition coefficient (Wildman–Crippen LogP) is 3.89. The van der Waals surface area contributed by atoms with Crippen LogP contribution in [0.1, 0.15) is 30.1 Å². The van der Waals surface area contributed by atoms with Crippen LogP contribution in [0.3, 0.4) is 0 Å². The smallest absolute Gasteiger partial charge is 0.411 e. The Kier molecular flexibility index (Phi) is 4.77. The highest BCUT2D eigenvalue weighted by molar-refractivity contribution is 6.09. The molecule has 110 valence electrons. The summed E-state index contributed by atoms with van der Waals surface area (Å²) in [5.74, 6) is -0.997. The number of hydrogen-bond acceptors (Lipinski definition) is 3. The van der Waals surface area contributed by atoms with Crippen LogP contribution in [0.2, 0.25) is 0 Å². The van der Waals surface area contributed by atoms with E-state index in [0.717, 1.165) is 12.8 Å². The molecule has 0 aliphatic carbocycles. The second kappa shape index (κ2) is 6.74. The van der Waals surface area contributed by atoms with Crippen LogP contribution in [0.25, 0.3) is 10.8 Å². The number of carboxylic acid groups (broad SMARTS) is 1. The van der Waals surface area contributed by atoms with Gasteiger partial charge in [0.1, 0.15) is 0 Å². The third kappa shape index (κ3) is 3.51. The lowest BCUT2D eigenvalue weighted by atomic mass is 10.0. The van der Waals surface area contributed by atoms with Gasteiger partial charge in [0.15, 0.2) is 0 Å². The van der Waals surface area contributed by atoms with Gasteiger partial charge in [-0.05, 0) is 23.9 Å². The van der Waals surface area contributed by atoms with Gasteiger partial charge in [-0.3, -0.25) is 5.32 Å². The zero-order chi connectivity index (χ0) is 15.2. The molecule has 0 saturated heterocycles. The highest BCUT2D eigenvalue weighted by Gasteiger charge is 2.12. The van der Waals surface area contributed by atoms with Gasteiger partial charge in [-0.2, -0.15) is 0 Å². The van der Waals surface area contributed by atoms with Crippen molar-refractivity contribution >= 4 is 28.5 Å². The van der Waals surface area contributed by atoms with Crippen molar-refractivity contribution in [2.75, 3.05) is 11.9 Å². The molecule has 0 spiro atoms. The van der Waals surface area contributed by atoms with Gasteiger partial charge in [0, 0.05) is 5.39 Å². The molecule has 0 aliphatic rings. The number of anilines is 1. The van der Waals surface area contributed by atoms with E-state index in [2.05, 4.69) is 5.32 Å². The Balaban J connectivity index is 2.27. The van der Waals surface area contributed by atoms with Gasteiger partial charge in [0.05, 0.1) is 17.9 Å². The Labute approximate surface area is 122 Å². The molecule has 21 heavy (non-hydrogen) atoms. The van der Waals surface area contributed by atoms with Crippen molar-refractivity contribution in [3.05, 3.63) is 42.0 Å². The lowest BCUT2D eigenvalue weighted by Crippen LogP contribution is -2.14. The fourth-order valence-corrected chi connectivity index (χ4v) is 2.05. The Morgan fingerprint density at radius 2 is 1.86 bits per heavy atom. The largest absolute Gasteiger partial charge is 0.478 e. The van der Waals surface area contributed by atoms with E-state index in [0.29, 0.717) is 23.1 Å². The maximum Gasteiger partial charge on any atom is 0.411 e. The number of aromatic carboxylic acids is 1. The highest BCUT2D eigenvalue weighted by atomic mass is 16.5. The van der Waals surface area contributed by atoms with Crippen molar-refractivity contribution in [3.63, 3.8) is 0 Å². The number of carboxylic acids is 1. The van der Waals surface area contributed by atoms with Crippen LogP contribution in [-0.2, 0) is 4.74 Å². The molecule has 0 atom stereocenters. The Hall–Kier alpha value is -2.56. The van der Waals surface area contributed by atoms with Crippen molar-refractivity contribution in [1.29, 1.82) is 0 Å². The number of ether oxygens (including phenoxy) is 1. The van der Waals surface area contributed by atoms with Crippen molar-refractivity contribution in [1.82, 2.24) is 0 Å². The number of carbonyl (C=O) groups excluding carboxylic acids is 1. The fourth-order valence-electron chi connectivity index (χ4n) is 2.05. The van der Waals surface area contributed by atoms with Gasteiger partial charge < -0.3 is 9.84 Å². The quantitative estimate of drug-likeness (QED) is 0.818. The number of nitrogens with one attached hydrogen (secondary N) is 1. The summed E-state index contributed by atoms with van der Waals surface area (Å²) in [7, 11) is 0. The number of amides is 1. The normalized spacial score (nSPS) is 10.3. The fraction of sp³-hybridized carbons (Fsp3) is 0.250. The number of benzene rings is 2. The molecule has 0 radical (unpaired) electrons. The number of unbranched alkanes of at least 4 members (excludes halogenated alkanes) is 1. The van der Waals surface area contributed by atoms with E-state index < -0.39 is 12.1 Å². The Morgan fingerprint density at radius 3 is 2.52 bits per heavy atom. The first-order chi connectivity index (χ1) is 10.1. The number of fused-ring (bicyclic) bond motifs is 1. The summed E-state index contributed by atoms with van der Waals surface area (Å²) in [5, 5.41) is 13.1. The van der Waals surface area contributed by atoms with Gasteiger partial charge in [0.25, 0.3) is 0 Å². The lowest BCUT2D eigenvalue weighted by molar-refractivity contribution is 0.0699. The molecule has 2 aromatic carbocycles. The second-order valence-electron chi connectivity index (χ2n) is 4.63. The first-order valence-electron chi connectivity index (χ1n) is 6.82. The zero-order valence-electron chi connectivity index (χ0n) is 11.8. The van der Waals surface area contributed by atoms with E-state index >= 15 is 0 Å². The van der Waals surface area contributed by atoms with E-state index in [1.807, 2.05) is 6.92 Å². The van der Waals surface area contributed by atoms with Gasteiger partial charge in [0.2, 0.25) is 0 Å². The van der Waals surface area contributed by atoms with Crippen LogP contribution in [0.15, 0.2) is 36.4 Å². The van der Waals surface area contributed by atoms with Crippen molar-refractivity contribution in [2.45, 2.75) is 19.8 Å². The second-order valence-corrected chi connectivity index (χ2v) is 4.63. The van der Waals surface area contributed by atoms with E-state index in [-0.39, 0.29) is 5.56 Å². The molecule has 2 N–H and O–H groups in total. The van der Waals surface area contributed by atoms with E-state index in [1.54, 1.807) is 30.3 Å². The minimum atomic E-state index is -0.997. The maximum absolute atomic E-state index is 11.7. The number of rotatable bonds is 5. The summed E-state index contributed by atoms with van der Waals surface area (Å²) in [6.07, 6.45) is 1.23. The van der Waals surface area contributed by atoms with Crippen LogP contribution in [0, 0.1) is 0 Å². The molecule has 5 heteroatoms. The van der Waals surface area contributed by atoms with Crippen LogP contribution in [-0.4, -0.2) is 23.8 Å². The first-order valence-corrected chi connectivity index (χ1v) is 6.82. The van der Waals surface area contributed by atoms with E-state index in [9.17, 15) is 14.7 Å². The molecule has 0 bridgehead atoms. The molecule has 1 amide bonds. The van der Waals surface area contributed by atoms with Crippen LogP contribution >= 0.6 is 0 Å². The first kappa shape index (κ1) is 14.8. The summed E-state index contributed by atoms with van der Waals surface area (Å²) in [6.45, 7) is 2.38. The predicted molar refractivity (Wildman–Crippen MR) is 80.8 cm³/mol. The average Bonchev–Trinajstić information content (AvgIpc) is 2.47. The zero-order valence-corrected chi connectivity index (χ0v) is 11.8. The maximum atomic E-state index is 11.7.